The van der Waals surface area contributed by atoms with Gasteiger partial charge < -0.3 is 14.3 Å². The van der Waals surface area contributed by atoms with Crippen LogP contribution in [-0.4, -0.2) is 62.6 Å². The first-order valence-corrected chi connectivity index (χ1v) is 10.1. The first-order valence-electron chi connectivity index (χ1n) is 10.1. The van der Waals surface area contributed by atoms with Gasteiger partial charge in [-0.05, 0) is 38.8 Å². The van der Waals surface area contributed by atoms with Crippen LogP contribution in [-0.2, 0) is 4.79 Å². The van der Waals surface area contributed by atoms with Crippen LogP contribution in [0, 0.1) is 19.8 Å². The molecule has 3 aromatic heterocycles. The monoisotopic (exact) mass is 409 g/mol. The number of nitrogens with zero attached hydrogens (tertiary/aromatic N) is 6. The Kier molecular flexibility index (Phi) is 4.41. The Bertz CT molecular complexity index is 1100. The van der Waals surface area contributed by atoms with Crippen molar-refractivity contribution >= 4 is 29.2 Å². The number of hydrogen-bond acceptors (Lipinski definition) is 7. The van der Waals surface area contributed by atoms with E-state index in [-0.39, 0.29) is 17.7 Å². The largest absolute Gasteiger partial charge is 0.361 e. The SMILES string of the molecule is Cc1noc(C)c1C(=O)N1CCN(c2cccc3nc(NC(=O)C4CC4)nn23)CC1. The van der Waals surface area contributed by atoms with Crippen LogP contribution in [0.15, 0.2) is 22.7 Å². The second kappa shape index (κ2) is 7.12. The van der Waals surface area contributed by atoms with Crippen LogP contribution in [0.1, 0.15) is 34.7 Å². The van der Waals surface area contributed by atoms with Crippen LogP contribution in [0.3, 0.4) is 0 Å². The molecule has 0 bridgehead atoms. The van der Waals surface area contributed by atoms with Crippen molar-refractivity contribution in [3.8, 4) is 0 Å². The highest BCUT2D eigenvalue weighted by atomic mass is 16.5. The molecule has 2 aliphatic rings. The van der Waals surface area contributed by atoms with Crippen LogP contribution >= 0.6 is 0 Å². The summed E-state index contributed by atoms with van der Waals surface area (Å²) in [6.07, 6.45) is 1.86. The number of rotatable bonds is 4. The summed E-state index contributed by atoms with van der Waals surface area (Å²) >= 11 is 0. The molecule has 1 aliphatic heterocycles. The summed E-state index contributed by atoms with van der Waals surface area (Å²) in [6.45, 7) is 6.04. The minimum absolute atomic E-state index is 0.0149. The van der Waals surface area contributed by atoms with Crippen molar-refractivity contribution in [3.63, 3.8) is 0 Å². The Hall–Kier alpha value is -3.43. The zero-order chi connectivity index (χ0) is 20.8. The van der Waals surface area contributed by atoms with Crippen molar-refractivity contribution in [2.45, 2.75) is 26.7 Å². The highest BCUT2D eigenvalue weighted by Gasteiger charge is 2.31. The molecule has 0 aromatic carbocycles. The lowest BCUT2D eigenvalue weighted by Gasteiger charge is -2.35. The fourth-order valence-corrected chi connectivity index (χ4v) is 3.83. The van der Waals surface area contributed by atoms with Gasteiger partial charge in [-0.1, -0.05) is 11.2 Å². The van der Waals surface area contributed by atoms with Gasteiger partial charge in [-0.3, -0.25) is 14.9 Å². The summed E-state index contributed by atoms with van der Waals surface area (Å²) in [5, 5.41) is 11.2. The lowest BCUT2D eigenvalue weighted by atomic mass is 10.1. The molecule has 2 amide bonds. The molecule has 0 atom stereocenters. The summed E-state index contributed by atoms with van der Waals surface area (Å²) in [7, 11) is 0. The Morgan fingerprint density at radius 2 is 1.90 bits per heavy atom. The molecular formula is C20H23N7O3. The van der Waals surface area contributed by atoms with E-state index in [1.165, 1.54) is 0 Å². The number of aromatic nitrogens is 4. The highest BCUT2D eigenvalue weighted by molar-refractivity contribution is 5.96. The van der Waals surface area contributed by atoms with Gasteiger partial charge >= 0.3 is 0 Å². The van der Waals surface area contributed by atoms with Gasteiger partial charge in [-0.25, -0.2) is 0 Å². The molecule has 10 heteroatoms. The summed E-state index contributed by atoms with van der Waals surface area (Å²) in [5.74, 6) is 1.80. The zero-order valence-corrected chi connectivity index (χ0v) is 17.0. The number of amides is 2. The van der Waals surface area contributed by atoms with Crippen molar-refractivity contribution in [1.82, 2.24) is 24.7 Å². The Morgan fingerprint density at radius 3 is 2.57 bits per heavy atom. The molecule has 30 heavy (non-hydrogen) atoms. The van der Waals surface area contributed by atoms with Crippen LogP contribution in [0.5, 0.6) is 0 Å². The Labute approximate surface area is 172 Å². The molecule has 2 fully saturated rings. The molecule has 0 spiro atoms. The average molecular weight is 409 g/mol. The number of piperazine rings is 1. The molecule has 3 aromatic rings. The van der Waals surface area contributed by atoms with Crippen molar-refractivity contribution in [3.05, 3.63) is 35.2 Å². The summed E-state index contributed by atoms with van der Waals surface area (Å²) < 4.78 is 6.88. The maximum absolute atomic E-state index is 12.9. The smallest absolute Gasteiger partial charge is 0.259 e. The van der Waals surface area contributed by atoms with Gasteiger partial charge in [0.1, 0.15) is 17.1 Å². The quantitative estimate of drug-likeness (QED) is 0.698. The number of aryl methyl sites for hydroxylation is 2. The molecule has 0 unspecified atom stereocenters. The summed E-state index contributed by atoms with van der Waals surface area (Å²) in [4.78, 5) is 33.3. The van der Waals surface area contributed by atoms with Gasteiger partial charge in [-0.2, -0.15) is 9.50 Å². The maximum Gasteiger partial charge on any atom is 0.259 e. The minimum Gasteiger partial charge on any atom is -0.361 e. The molecule has 156 valence electrons. The van der Waals surface area contributed by atoms with Crippen molar-refractivity contribution in [2.75, 3.05) is 36.4 Å². The van der Waals surface area contributed by atoms with Crippen molar-refractivity contribution < 1.29 is 14.1 Å². The molecule has 4 heterocycles. The first-order chi connectivity index (χ1) is 14.5. The third kappa shape index (κ3) is 3.27. The Balaban J connectivity index is 1.31. The second-order valence-corrected chi connectivity index (χ2v) is 7.83. The van der Waals surface area contributed by atoms with E-state index in [4.69, 9.17) is 4.52 Å². The number of carbonyl (C=O) groups excluding carboxylic acids is 2. The van der Waals surface area contributed by atoms with Gasteiger partial charge in [0.2, 0.25) is 11.9 Å². The van der Waals surface area contributed by atoms with E-state index in [9.17, 15) is 9.59 Å². The van der Waals surface area contributed by atoms with E-state index in [0.717, 1.165) is 18.7 Å². The topological polar surface area (TPSA) is 109 Å². The van der Waals surface area contributed by atoms with E-state index in [2.05, 4.69) is 25.5 Å². The van der Waals surface area contributed by atoms with Crippen LogP contribution in [0.2, 0.25) is 0 Å². The number of nitrogens with one attached hydrogen (secondary N) is 1. The predicted molar refractivity (Wildman–Crippen MR) is 108 cm³/mol. The van der Waals surface area contributed by atoms with Gasteiger partial charge in [0.25, 0.3) is 5.91 Å². The third-order valence-electron chi connectivity index (χ3n) is 5.66. The molecule has 0 radical (unpaired) electrons. The number of pyridine rings is 1. The van der Waals surface area contributed by atoms with E-state index in [1.807, 2.05) is 23.1 Å². The van der Waals surface area contributed by atoms with E-state index < -0.39 is 0 Å². The maximum atomic E-state index is 12.9. The molecule has 1 N–H and O–H groups in total. The molecular weight excluding hydrogens is 386 g/mol. The van der Waals surface area contributed by atoms with Crippen LogP contribution in [0.25, 0.3) is 5.65 Å². The van der Waals surface area contributed by atoms with Gasteiger partial charge in [0, 0.05) is 32.1 Å². The van der Waals surface area contributed by atoms with Crippen molar-refractivity contribution in [1.29, 1.82) is 0 Å². The standard InChI is InChI=1S/C20H23N7O3/c1-12-17(13(2)30-24-12)19(29)26-10-8-25(9-11-26)16-5-3-4-15-21-20(23-27(15)16)22-18(28)14-6-7-14/h3-5,14H,6-11H2,1-2H3,(H,22,23,28). The van der Waals surface area contributed by atoms with E-state index in [1.54, 1.807) is 18.4 Å². The Morgan fingerprint density at radius 1 is 1.13 bits per heavy atom. The molecule has 5 rings (SSSR count). The molecule has 1 aliphatic carbocycles. The molecule has 1 saturated heterocycles. The van der Waals surface area contributed by atoms with E-state index >= 15 is 0 Å². The average Bonchev–Trinajstić information content (AvgIpc) is 3.44. The number of fused-ring (bicyclic) bond motifs is 1. The molecule has 1 saturated carbocycles. The normalized spacial score (nSPS) is 16.9. The first kappa shape index (κ1) is 18.6. The summed E-state index contributed by atoms with van der Waals surface area (Å²) in [6, 6.07) is 5.76. The second-order valence-electron chi connectivity index (χ2n) is 7.83. The number of anilines is 2. The van der Waals surface area contributed by atoms with Crippen molar-refractivity contribution in [2.24, 2.45) is 5.92 Å². The van der Waals surface area contributed by atoms with Crippen LogP contribution in [0.4, 0.5) is 11.8 Å². The lowest BCUT2D eigenvalue weighted by molar-refractivity contribution is -0.117. The van der Waals surface area contributed by atoms with Gasteiger partial charge in [0.15, 0.2) is 5.65 Å². The lowest BCUT2D eigenvalue weighted by Crippen LogP contribution is -2.49. The fraction of sp³-hybridized carbons (Fsp3) is 0.450. The fourth-order valence-electron chi connectivity index (χ4n) is 3.83. The zero-order valence-electron chi connectivity index (χ0n) is 17.0. The predicted octanol–water partition coefficient (Wildman–Crippen LogP) is 1.65. The minimum atomic E-state index is -0.0464. The highest BCUT2D eigenvalue weighted by Crippen LogP contribution is 2.30. The third-order valence-corrected chi connectivity index (χ3v) is 5.66. The van der Waals surface area contributed by atoms with Gasteiger partial charge in [0.05, 0.1) is 5.69 Å². The van der Waals surface area contributed by atoms with Crippen LogP contribution < -0.4 is 10.2 Å². The number of hydrogen-bond donors (Lipinski definition) is 1. The van der Waals surface area contributed by atoms with Gasteiger partial charge in [-0.15, -0.1) is 5.10 Å². The van der Waals surface area contributed by atoms with E-state index in [0.29, 0.717) is 54.8 Å². The summed E-state index contributed by atoms with van der Waals surface area (Å²) in [5.41, 5.74) is 1.85. The molecule has 10 nitrogen and oxygen atoms in total. The number of carbonyl (C=O) groups is 2.